The third-order valence-electron chi connectivity index (χ3n) is 7.00. The van der Waals surface area contributed by atoms with E-state index in [4.69, 9.17) is 5.73 Å². The molecule has 0 bridgehead atoms. The molecule has 3 aromatic rings. The number of nitrogens with two attached hydrogens (primary N) is 1. The topological polar surface area (TPSA) is 138 Å². The maximum absolute atomic E-state index is 13.1. The number of nitrogens with zero attached hydrogens (tertiary/aromatic N) is 2. The lowest BCUT2D eigenvalue weighted by molar-refractivity contribution is -0.134. The van der Waals surface area contributed by atoms with E-state index >= 15 is 0 Å². The molecule has 5 N–H and O–H groups in total. The van der Waals surface area contributed by atoms with Crippen molar-refractivity contribution in [1.29, 1.82) is 0 Å². The van der Waals surface area contributed by atoms with Crippen LogP contribution in [0, 0.1) is 11.8 Å². The molecule has 8 heteroatoms. The summed E-state index contributed by atoms with van der Waals surface area (Å²) < 4.78 is 0. The summed E-state index contributed by atoms with van der Waals surface area (Å²) in [4.78, 5) is 34.1. The molecule has 2 aromatic carbocycles. The van der Waals surface area contributed by atoms with Crippen molar-refractivity contribution in [2.24, 2.45) is 17.6 Å². The number of nitrogens with one attached hydrogen (secondary N) is 1. The molecule has 1 saturated carbocycles. The summed E-state index contributed by atoms with van der Waals surface area (Å²) in [7, 11) is 0. The Morgan fingerprint density at radius 1 is 1.14 bits per heavy atom. The first-order valence-electron chi connectivity index (χ1n) is 12.0. The molecule has 1 fully saturated rings. The zero-order valence-electron chi connectivity index (χ0n) is 19.8. The Balaban J connectivity index is 1.56. The maximum Gasteiger partial charge on any atom is 0.271 e. The lowest BCUT2D eigenvalue weighted by atomic mass is 9.79. The summed E-state index contributed by atoms with van der Waals surface area (Å²) >= 11 is 0. The molecule has 35 heavy (non-hydrogen) atoms. The molecular formula is C27H32N4O4. The van der Waals surface area contributed by atoms with Gasteiger partial charge in [0.2, 0.25) is 5.91 Å². The van der Waals surface area contributed by atoms with Gasteiger partial charge >= 0.3 is 0 Å². The fraction of sp³-hybridized carbons (Fsp3) is 0.407. The number of primary amides is 1. The van der Waals surface area contributed by atoms with Crippen LogP contribution in [0.1, 0.15) is 48.7 Å². The monoisotopic (exact) mass is 476 g/mol. The third-order valence-corrected chi connectivity index (χ3v) is 7.00. The summed E-state index contributed by atoms with van der Waals surface area (Å²) in [6.07, 6.45) is 2.26. The highest BCUT2D eigenvalue weighted by atomic mass is 16.3. The molecule has 8 nitrogen and oxygen atoms in total. The van der Waals surface area contributed by atoms with Crippen LogP contribution >= 0.6 is 0 Å². The minimum absolute atomic E-state index is 0.0558. The molecule has 1 heterocycles. The van der Waals surface area contributed by atoms with E-state index in [9.17, 15) is 19.8 Å². The van der Waals surface area contributed by atoms with Gasteiger partial charge in [-0.1, -0.05) is 49.4 Å². The first-order chi connectivity index (χ1) is 16.7. The van der Waals surface area contributed by atoms with E-state index in [0.717, 1.165) is 12.0 Å². The highest BCUT2D eigenvalue weighted by molar-refractivity contribution is 5.94. The Morgan fingerprint density at radius 2 is 1.83 bits per heavy atom. The zero-order valence-corrected chi connectivity index (χ0v) is 19.8. The van der Waals surface area contributed by atoms with Crippen LogP contribution in [0.4, 0.5) is 0 Å². The molecule has 2 amide bonds. The van der Waals surface area contributed by atoms with Crippen molar-refractivity contribution in [3.05, 3.63) is 72.1 Å². The predicted octanol–water partition coefficient (Wildman–Crippen LogP) is 2.37. The Bertz CT molecular complexity index is 1190. The van der Waals surface area contributed by atoms with Crippen LogP contribution in [0.25, 0.3) is 11.0 Å². The Morgan fingerprint density at radius 3 is 2.49 bits per heavy atom. The Kier molecular flexibility index (Phi) is 7.42. The fourth-order valence-electron chi connectivity index (χ4n) is 5.09. The van der Waals surface area contributed by atoms with Crippen LogP contribution in [0.3, 0.4) is 0 Å². The van der Waals surface area contributed by atoms with Gasteiger partial charge in [0.25, 0.3) is 5.91 Å². The summed E-state index contributed by atoms with van der Waals surface area (Å²) in [6, 6.07) is 16.0. The van der Waals surface area contributed by atoms with Crippen LogP contribution in [-0.4, -0.2) is 49.7 Å². The van der Waals surface area contributed by atoms with Crippen molar-refractivity contribution in [2.75, 3.05) is 0 Å². The van der Waals surface area contributed by atoms with Gasteiger partial charge in [0.1, 0.15) is 5.69 Å². The number of benzene rings is 2. The van der Waals surface area contributed by atoms with Gasteiger partial charge in [-0.25, -0.2) is 4.98 Å². The average molecular weight is 477 g/mol. The van der Waals surface area contributed by atoms with E-state index < -0.39 is 35.5 Å². The molecule has 1 aromatic heterocycles. The highest BCUT2D eigenvalue weighted by Gasteiger charge is 2.46. The number of fused-ring (bicyclic) bond motifs is 1. The number of para-hydroxylation sites is 2. The number of rotatable bonds is 9. The van der Waals surface area contributed by atoms with Crippen molar-refractivity contribution in [3.63, 3.8) is 0 Å². The van der Waals surface area contributed by atoms with Crippen LogP contribution < -0.4 is 11.1 Å². The second-order valence-corrected chi connectivity index (χ2v) is 9.72. The second kappa shape index (κ2) is 10.5. The largest absolute Gasteiger partial charge is 0.391 e. The van der Waals surface area contributed by atoms with Gasteiger partial charge in [-0.2, -0.15) is 0 Å². The normalized spacial score (nSPS) is 22.4. The zero-order chi connectivity index (χ0) is 25.0. The predicted molar refractivity (Wildman–Crippen MR) is 132 cm³/mol. The number of hydrogen-bond acceptors (Lipinski definition) is 6. The van der Waals surface area contributed by atoms with E-state index in [1.807, 2.05) is 55.5 Å². The fourth-order valence-corrected chi connectivity index (χ4v) is 5.09. The summed E-state index contributed by atoms with van der Waals surface area (Å²) in [5.74, 6) is -1.78. The average Bonchev–Trinajstić information content (AvgIpc) is 3.20. The minimum Gasteiger partial charge on any atom is -0.391 e. The molecule has 1 aliphatic rings. The molecule has 2 unspecified atom stereocenters. The van der Waals surface area contributed by atoms with Gasteiger partial charge in [0.15, 0.2) is 0 Å². The summed E-state index contributed by atoms with van der Waals surface area (Å²) in [5, 5.41) is 25.3. The Hall–Kier alpha value is -3.36. The summed E-state index contributed by atoms with van der Waals surface area (Å²) in [5.41, 5.74) is 6.72. The van der Waals surface area contributed by atoms with E-state index in [1.165, 1.54) is 6.20 Å². The minimum atomic E-state index is -1.25. The molecule has 1 aliphatic carbocycles. The maximum atomic E-state index is 13.1. The van der Waals surface area contributed by atoms with Crippen LogP contribution in [0.15, 0.2) is 60.8 Å². The smallest absolute Gasteiger partial charge is 0.271 e. The SMILES string of the molecule is CC1CCC(O)([C@H](C[C@H](O)[C@H](Cc2ccccc2)NC(=O)c2cnc3ccccc3n2)C(N)=O)C1. The lowest BCUT2D eigenvalue weighted by Crippen LogP contribution is -2.50. The van der Waals surface area contributed by atoms with Crippen LogP contribution in [0.5, 0.6) is 0 Å². The van der Waals surface area contributed by atoms with E-state index in [1.54, 1.807) is 6.07 Å². The van der Waals surface area contributed by atoms with Crippen molar-refractivity contribution >= 4 is 22.8 Å². The molecule has 0 spiro atoms. The first-order valence-corrected chi connectivity index (χ1v) is 12.0. The standard InChI is InChI=1S/C27H32N4O4/c1-17-11-12-27(35,15-17)19(25(28)33)14-24(32)22(13-18-7-3-2-4-8-18)31-26(34)23-16-29-20-9-5-6-10-21(20)30-23/h2-10,16-17,19,22,24,32,35H,11-15H2,1H3,(H2,28,33)(H,31,34)/t17?,19-,22+,24+,27?/m1/s1. The number of aromatic nitrogens is 2. The van der Waals surface area contributed by atoms with Crippen molar-refractivity contribution in [3.8, 4) is 0 Å². The summed E-state index contributed by atoms with van der Waals surface area (Å²) in [6.45, 7) is 2.02. The van der Waals surface area contributed by atoms with Gasteiger partial charge < -0.3 is 21.3 Å². The number of carbonyl (C=O) groups is 2. The highest BCUT2D eigenvalue weighted by Crippen LogP contribution is 2.41. The van der Waals surface area contributed by atoms with E-state index in [2.05, 4.69) is 15.3 Å². The second-order valence-electron chi connectivity index (χ2n) is 9.72. The molecule has 0 radical (unpaired) electrons. The van der Waals surface area contributed by atoms with E-state index in [-0.39, 0.29) is 18.0 Å². The lowest BCUT2D eigenvalue weighted by Gasteiger charge is -2.34. The molecular weight excluding hydrogens is 444 g/mol. The van der Waals surface area contributed by atoms with Gasteiger partial charge in [0, 0.05) is 0 Å². The van der Waals surface area contributed by atoms with Crippen molar-refractivity contribution < 1.29 is 19.8 Å². The van der Waals surface area contributed by atoms with Gasteiger partial charge in [0.05, 0.1) is 40.9 Å². The molecule has 0 saturated heterocycles. The van der Waals surface area contributed by atoms with Gasteiger partial charge in [-0.05, 0) is 55.7 Å². The molecule has 0 aliphatic heterocycles. The van der Waals surface area contributed by atoms with Crippen molar-refractivity contribution in [2.45, 2.75) is 56.8 Å². The molecule has 184 valence electrons. The number of hydrogen-bond donors (Lipinski definition) is 4. The number of aliphatic hydroxyl groups excluding tert-OH is 1. The van der Waals surface area contributed by atoms with Crippen molar-refractivity contribution in [1.82, 2.24) is 15.3 Å². The number of carbonyl (C=O) groups excluding carboxylic acids is 2. The van der Waals surface area contributed by atoms with Crippen LogP contribution in [-0.2, 0) is 11.2 Å². The molecule has 4 rings (SSSR count). The first kappa shape index (κ1) is 24.8. The van der Waals surface area contributed by atoms with Crippen LogP contribution in [0.2, 0.25) is 0 Å². The quantitative estimate of drug-likeness (QED) is 0.374. The number of amides is 2. The van der Waals surface area contributed by atoms with Gasteiger partial charge in [-0.15, -0.1) is 0 Å². The molecule has 5 atom stereocenters. The van der Waals surface area contributed by atoms with Gasteiger partial charge in [-0.3, -0.25) is 14.6 Å². The third kappa shape index (κ3) is 5.83. The Labute approximate surface area is 204 Å². The van der Waals surface area contributed by atoms with E-state index in [0.29, 0.717) is 30.3 Å². The number of aliphatic hydroxyl groups is 2.